The Balaban J connectivity index is 1.58. The molecule has 1 heterocycles. The van der Waals surface area contributed by atoms with Crippen molar-refractivity contribution in [2.75, 3.05) is 12.4 Å². The highest BCUT2D eigenvalue weighted by molar-refractivity contribution is 9.09. The van der Waals surface area contributed by atoms with Crippen molar-refractivity contribution in [1.82, 2.24) is 4.90 Å². The Morgan fingerprint density at radius 3 is 2.90 bits per heavy atom. The van der Waals surface area contributed by atoms with E-state index in [1.165, 1.54) is 36.8 Å². The number of anilines is 1. The van der Waals surface area contributed by atoms with Crippen LogP contribution in [0.3, 0.4) is 0 Å². The van der Waals surface area contributed by atoms with Gasteiger partial charge in [-0.25, -0.2) is 4.79 Å². The first-order valence-corrected chi connectivity index (χ1v) is 8.82. The third-order valence-electron chi connectivity index (χ3n) is 5.61. The molecule has 0 spiro atoms. The van der Waals surface area contributed by atoms with Gasteiger partial charge in [-0.05, 0) is 54.2 Å². The Kier molecular flexibility index (Phi) is 3.25. The van der Waals surface area contributed by atoms with Crippen molar-refractivity contribution in [2.24, 2.45) is 17.8 Å². The van der Waals surface area contributed by atoms with Gasteiger partial charge in [0.25, 0.3) is 0 Å². The summed E-state index contributed by atoms with van der Waals surface area (Å²) in [5.41, 5.74) is 3.56. The molecule has 2 saturated carbocycles. The van der Waals surface area contributed by atoms with Gasteiger partial charge in [-0.15, -0.1) is 0 Å². The minimum atomic E-state index is -0.0151. The topological polar surface area (TPSA) is 32.3 Å². The largest absolute Gasteiger partial charge is 0.323 e. The molecule has 3 aliphatic rings. The number of benzene rings is 1. The van der Waals surface area contributed by atoms with Crippen LogP contribution in [-0.4, -0.2) is 18.0 Å². The molecule has 4 atom stereocenters. The minimum Gasteiger partial charge on any atom is -0.323 e. The van der Waals surface area contributed by atoms with E-state index in [-0.39, 0.29) is 6.03 Å². The summed E-state index contributed by atoms with van der Waals surface area (Å²) < 4.78 is 0. The van der Waals surface area contributed by atoms with E-state index in [1.54, 1.807) is 4.90 Å². The number of hydrogen-bond acceptors (Lipinski definition) is 1. The third kappa shape index (κ3) is 2.28. The number of nitrogens with zero attached hydrogens (tertiary/aromatic N) is 1. The van der Waals surface area contributed by atoms with E-state index in [4.69, 9.17) is 0 Å². The number of nitrogens with one attached hydrogen (secondary N) is 1. The number of urea groups is 1. The summed E-state index contributed by atoms with van der Waals surface area (Å²) in [6, 6.07) is 6.50. The molecule has 2 aliphatic carbocycles. The second-order valence-electron chi connectivity index (χ2n) is 6.94. The molecule has 1 aromatic carbocycles. The molecule has 4 heteroatoms. The minimum absolute atomic E-state index is 0.0151. The number of hydrogen-bond donors (Lipinski definition) is 1. The molecule has 4 rings (SSSR count). The van der Waals surface area contributed by atoms with Crippen LogP contribution in [0.2, 0.25) is 0 Å². The van der Waals surface area contributed by atoms with Crippen LogP contribution in [0.5, 0.6) is 0 Å². The van der Waals surface area contributed by atoms with Crippen molar-refractivity contribution in [1.29, 1.82) is 0 Å². The lowest BCUT2D eigenvalue weighted by Crippen LogP contribution is -2.35. The molecule has 0 aromatic heterocycles. The normalized spacial score (nSPS) is 32.0. The van der Waals surface area contributed by atoms with E-state index in [2.05, 4.69) is 39.4 Å². The van der Waals surface area contributed by atoms with Crippen LogP contribution in [-0.2, 0) is 6.54 Å². The standard InChI is InChI=1S/C17H21BrN2O/c1-20-9-13-8-12(4-5-15(13)19-17(20)21)16(18)14-7-10-2-3-11(14)6-10/h4-5,8,10-11,14,16H,2-3,6-7,9H2,1H3,(H,19,21). The average molecular weight is 349 g/mol. The zero-order valence-corrected chi connectivity index (χ0v) is 13.9. The van der Waals surface area contributed by atoms with Crippen LogP contribution < -0.4 is 5.32 Å². The Labute approximate surface area is 134 Å². The monoisotopic (exact) mass is 348 g/mol. The van der Waals surface area contributed by atoms with Gasteiger partial charge in [0.2, 0.25) is 0 Å². The van der Waals surface area contributed by atoms with Gasteiger partial charge in [-0.1, -0.05) is 34.5 Å². The number of fused-ring (bicyclic) bond motifs is 3. The van der Waals surface area contributed by atoms with Gasteiger partial charge in [0.15, 0.2) is 0 Å². The number of carbonyl (C=O) groups is 1. The maximum absolute atomic E-state index is 11.7. The zero-order chi connectivity index (χ0) is 14.6. The molecule has 2 bridgehead atoms. The van der Waals surface area contributed by atoms with E-state index in [0.29, 0.717) is 11.4 Å². The van der Waals surface area contributed by atoms with E-state index in [0.717, 1.165) is 23.4 Å². The quantitative estimate of drug-likeness (QED) is 0.782. The van der Waals surface area contributed by atoms with E-state index in [9.17, 15) is 4.79 Å². The predicted molar refractivity (Wildman–Crippen MR) is 87.5 cm³/mol. The number of halogens is 1. The Morgan fingerprint density at radius 1 is 1.33 bits per heavy atom. The summed E-state index contributed by atoms with van der Waals surface area (Å²) in [5.74, 6) is 2.68. The number of carbonyl (C=O) groups excluding carboxylic acids is 1. The van der Waals surface area contributed by atoms with E-state index < -0.39 is 0 Å². The molecule has 1 N–H and O–H groups in total. The van der Waals surface area contributed by atoms with Crippen molar-refractivity contribution in [2.45, 2.75) is 37.1 Å². The smallest absolute Gasteiger partial charge is 0.321 e. The molecule has 2 amide bonds. The SMILES string of the molecule is CN1Cc2cc(C(Br)C3CC4CCC3C4)ccc2NC1=O. The van der Waals surface area contributed by atoms with Crippen LogP contribution in [0.25, 0.3) is 0 Å². The second kappa shape index (κ2) is 5.01. The first kappa shape index (κ1) is 13.6. The van der Waals surface area contributed by atoms with Crippen LogP contribution in [0.1, 0.15) is 41.6 Å². The summed E-state index contributed by atoms with van der Waals surface area (Å²) in [7, 11) is 1.84. The van der Waals surface area contributed by atoms with Gasteiger partial charge < -0.3 is 10.2 Å². The van der Waals surface area contributed by atoms with Gasteiger partial charge in [0.1, 0.15) is 0 Å². The fourth-order valence-corrected chi connectivity index (χ4v) is 5.41. The summed E-state index contributed by atoms with van der Waals surface area (Å²) in [4.78, 5) is 13.9. The van der Waals surface area contributed by atoms with Gasteiger partial charge in [-0.2, -0.15) is 0 Å². The van der Waals surface area contributed by atoms with Crippen molar-refractivity contribution in [3.05, 3.63) is 29.3 Å². The van der Waals surface area contributed by atoms with Crippen LogP contribution in [0, 0.1) is 17.8 Å². The lowest BCUT2D eigenvalue weighted by atomic mass is 9.84. The summed E-state index contributed by atoms with van der Waals surface area (Å²) in [6.45, 7) is 0.700. The Hall–Kier alpha value is -1.03. The predicted octanol–water partition coefficient (Wildman–Crippen LogP) is 4.54. The maximum atomic E-state index is 11.7. The zero-order valence-electron chi connectivity index (χ0n) is 12.3. The second-order valence-corrected chi connectivity index (χ2v) is 7.93. The highest BCUT2D eigenvalue weighted by Gasteiger charge is 2.42. The molecular formula is C17H21BrN2O. The molecule has 21 heavy (non-hydrogen) atoms. The third-order valence-corrected chi connectivity index (χ3v) is 6.82. The highest BCUT2D eigenvalue weighted by atomic mass is 79.9. The van der Waals surface area contributed by atoms with Gasteiger partial charge in [0, 0.05) is 24.1 Å². The molecule has 4 unspecified atom stereocenters. The van der Waals surface area contributed by atoms with Crippen molar-refractivity contribution >= 4 is 27.6 Å². The van der Waals surface area contributed by atoms with Gasteiger partial charge in [-0.3, -0.25) is 0 Å². The Bertz CT molecular complexity index is 588. The van der Waals surface area contributed by atoms with Crippen molar-refractivity contribution < 1.29 is 4.79 Å². The fourth-order valence-electron chi connectivity index (χ4n) is 4.48. The maximum Gasteiger partial charge on any atom is 0.321 e. The first-order chi connectivity index (χ1) is 10.1. The number of alkyl halides is 1. The average Bonchev–Trinajstić information content (AvgIpc) is 3.10. The highest BCUT2D eigenvalue weighted by Crippen LogP contribution is 2.55. The molecule has 0 saturated heterocycles. The van der Waals surface area contributed by atoms with Crippen LogP contribution in [0.4, 0.5) is 10.5 Å². The summed E-state index contributed by atoms with van der Waals surface area (Å²) >= 11 is 3.97. The van der Waals surface area contributed by atoms with Crippen LogP contribution >= 0.6 is 15.9 Å². The number of rotatable bonds is 2. The van der Waals surface area contributed by atoms with E-state index >= 15 is 0 Å². The first-order valence-electron chi connectivity index (χ1n) is 7.91. The van der Waals surface area contributed by atoms with Crippen molar-refractivity contribution in [3.63, 3.8) is 0 Å². The Morgan fingerprint density at radius 2 is 2.19 bits per heavy atom. The molecule has 1 aromatic rings. The molecule has 2 fully saturated rings. The van der Waals surface area contributed by atoms with Crippen molar-refractivity contribution in [3.8, 4) is 0 Å². The van der Waals surface area contributed by atoms with E-state index in [1.807, 2.05) is 7.05 Å². The van der Waals surface area contributed by atoms with Crippen LogP contribution in [0.15, 0.2) is 18.2 Å². The lowest BCUT2D eigenvalue weighted by molar-refractivity contribution is 0.218. The number of amides is 2. The molecule has 112 valence electrons. The summed E-state index contributed by atoms with van der Waals surface area (Å²) in [6.07, 6.45) is 5.69. The molecule has 3 nitrogen and oxygen atoms in total. The summed E-state index contributed by atoms with van der Waals surface area (Å²) in [5, 5.41) is 2.94. The van der Waals surface area contributed by atoms with Gasteiger partial charge >= 0.3 is 6.03 Å². The molecular weight excluding hydrogens is 328 g/mol. The van der Waals surface area contributed by atoms with Gasteiger partial charge in [0.05, 0.1) is 0 Å². The fraction of sp³-hybridized carbons (Fsp3) is 0.588. The lowest BCUT2D eigenvalue weighted by Gasteiger charge is -2.29. The molecule has 0 radical (unpaired) electrons. The molecule has 1 aliphatic heterocycles.